The second-order valence-electron chi connectivity index (χ2n) is 6.92. The van der Waals surface area contributed by atoms with E-state index in [-0.39, 0.29) is 24.7 Å². The topological polar surface area (TPSA) is 70.7 Å². The van der Waals surface area contributed by atoms with E-state index in [1.54, 1.807) is 17.0 Å². The normalized spacial score (nSPS) is 13.4. The first kappa shape index (κ1) is 21.5. The number of hydrogen-bond donors (Lipinski definition) is 2. The van der Waals surface area contributed by atoms with Crippen LogP contribution < -0.4 is 15.4 Å². The van der Waals surface area contributed by atoms with Crippen LogP contribution in [0.25, 0.3) is 0 Å². The first-order valence-corrected chi connectivity index (χ1v) is 9.45. The summed E-state index contributed by atoms with van der Waals surface area (Å²) < 4.78 is 41.0. The third-order valence-corrected chi connectivity index (χ3v) is 4.66. The number of hydrogen-bond acceptors (Lipinski definition) is 3. The molecular formula is C21H22F3N3O3. The van der Waals surface area contributed by atoms with Gasteiger partial charge in [-0.25, -0.2) is 4.79 Å². The van der Waals surface area contributed by atoms with Crippen molar-refractivity contribution in [1.82, 2.24) is 15.5 Å². The average molecular weight is 421 g/mol. The molecule has 9 heteroatoms. The lowest BCUT2D eigenvalue weighted by atomic mass is 10.00. The fourth-order valence-corrected chi connectivity index (χ4v) is 3.09. The Hall–Kier alpha value is -3.23. The van der Waals surface area contributed by atoms with Gasteiger partial charge < -0.3 is 20.3 Å². The van der Waals surface area contributed by atoms with E-state index in [1.807, 2.05) is 18.2 Å². The summed E-state index contributed by atoms with van der Waals surface area (Å²) >= 11 is 0. The molecule has 0 saturated carbocycles. The van der Waals surface area contributed by atoms with Crippen LogP contribution in [0.3, 0.4) is 0 Å². The Morgan fingerprint density at radius 2 is 1.70 bits per heavy atom. The summed E-state index contributed by atoms with van der Waals surface area (Å²) in [7, 11) is 0. The summed E-state index contributed by atoms with van der Waals surface area (Å²) in [6, 6.07) is 13.4. The Kier molecular flexibility index (Phi) is 6.81. The van der Waals surface area contributed by atoms with Gasteiger partial charge in [-0.1, -0.05) is 36.4 Å². The zero-order chi connectivity index (χ0) is 21.6. The van der Waals surface area contributed by atoms with E-state index in [0.717, 1.165) is 12.0 Å². The Bertz CT molecular complexity index is 885. The zero-order valence-corrected chi connectivity index (χ0v) is 16.2. The van der Waals surface area contributed by atoms with Gasteiger partial charge in [0.15, 0.2) is 6.61 Å². The highest BCUT2D eigenvalue weighted by Crippen LogP contribution is 2.19. The second kappa shape index (κ2) is 9.51. The van der Waals surface area contributed by atoms with Crippen LogP contribution in [0.1, 0.15) is 16.7 Å². The van der Waals surface area contributed by atoms with Crippen LogP contribution in [0.15, 0.2) is 48.5 Å². The lowest BCUT2D eigenvalue weighted by molar-refractivity contribution is -0.153. The summed E-state index contributed by atoms with van der Waals surface area (Å²) in [5, 5.41) is 5.14. The molecular weight excluding hydrogens is 399 g/mol. The molecule has 0 radical (unpaired) electrons. The molecule has 0 saturated heterocycles. The molecule has 2 aromatic carbocycles. The number of ether oxygens (including phenoxy) is 1. The van der Waals surface area contributed by atoms with Crippen molar-refractivity contribution in [2.24, 2.45) is 0 Å². The molecule has 0 fully saturated rings. The van der Waals surface area contributed by atoms with E-state index in [9.17, 15) is 22.8 Å². The van der Waals surface area contributed by atoms with E-state index in [2.05, 4.69) is 21.4 Å². The van der Waals surface area contributed by atoms with Crippen molar-refractivity contribution in [1.29, 1.82) is 0 Å². The number of nitrogens with zero attached hydrogens (tertiary/aromatic N) is 1. The number of benzene rings is 2. The van der Waals surface area contributed by atoms with Crippen molar-refractivity contribution in [2.45, 2.75) is 25.7 Å². The smallest absolute Gasteiger partial charge is 0.422 e. The largest absolute Gasteiger partial charge is 0.484 e. The molecule has 1 aliphatic rings. The second-order valence-corrected chi connectivity index (χ2v) is 6.92. The predicted molar refractivity (Wildman–Crippen MR) is 104 cm³/mol. The van der Waals surface area contributed by atoms with Gasteiger partial charge in [0.25, 0.3) is 0 Å². The van der Waals surface area contributed by atoms with Crippen LogP contribution in [0.5, 0.6) is 5.75 Å². The van der Waals surface area contributed by atoms with Crippen LogP contribution >= 0.6 is 0 Å². The van der Waals surface area contributed by atoms with Crippen molar-refractivity contribution < 1.29 is 27.5 Å². The van der Waals surface area contributed by atoms with E-state index < -0.39 is 18.8 Å². The van der Waals surface area contributed by atoms with Crippen molar-refractivity contribution >= 4 is 11.9 Å². The molecule has 30 heavy (non-hydrogen) atoms. The summed E-state index contributed by atoms with van der Waals surface area (Å²) in [4.78, 5) is 26.0. The van der Waals surface area contributed by atoms with Crippen LogP contribution in [0.2, 0.25) is 0 Å². The van der Waals surface area contributed by atoms with Gasteiger partial charge >= 0.3 is 12.2 Å². The van der Waals surface area contributed by atoms with Gasteiger partial charge in [-0.2, -0.15) is 13.2 Å². The minimum absolute atomic E-state index is 0.0919. The van der Waals surface area contributed by atoms with Crippen molar-refractivity contribution in [3.8, 4) is 5.75 Å². The molecule has 0 bridgehead atoms. The van der Waals surface area contributed by atoms with Gasteiger partial charge in [0, 0.05) is 19.6 Å². The summed E-state index contributed by atoms with van der Waals surface area (Å²) in [6.07, 6.45) is -3.61. The van der Waals surface area contributed by atoms with Crippen molar-refractivity contribution in [3.05, 3.63) is 65.2 Å². The summed E-state index contributed by atoms with van der Waals surface area (Å²) in [6.45, 7) is -0.165. The number of carbonyl (C=O) groups is 2. The molecule has 3 rings (SSSR count). The molecule has 160 valence electrons. The first-order valence-electron chi connectivity index (χ1n) is 9.45. The standard InChI is InChI=1S/C21H22F3N3O3/c22-21(23,24)14-30-18-7-5-15(6-8-18)11-25-20(29)26-12-19(28)27-10-9-16-3-1-2-4-17(16)13-27/h1-8H,9-14H2,(H2,25,26,29). The van der Waals surface area contributed by atoms with E-state index >= 15 is 0 Å². The first-order chi connectivity index (χ1) is 14.3. The van der Waals surface area contributed by atoms with E-state index in [0.29, 0.717) is 18.7 Å². The molecule has 0 aromatic heterocycles. The number of nitrogens with one attached hydrogen (secondary N) is 2. The third-order valence-electron chi connectivity index (χ3n) is 4.66. The van der Waals surface area contributed by atoms with Gasteiger partial charge in [-0.05, 0) is 35.2 Å². The number of urea groups is 1. The molecule has 6 nitrogen and oxygen atoms in total. The predicted octanol–water partition coefficient (Wildman–Crippen LogP) is 3.01. The van der Waals surface area contributed by atoms with Crippen LogP contribution in [-0.2, 0) is 24.3 Å². The lowest BCUT2D eigenvalue weighted by Crippen LogP contribution is -2.45. The Labute approximate surface area is 172 Å². The van der Waals surface area contributed by atoms with Crippen LogP contribution in [0.4, 0.5) is 18.0 Å². The van der Waals surface area contributed by atoms with Crippen LogP contribution in [-0.4, -0.2) is 42.7 Å². The third kappa shape index (κ3) is 6.40. The molecule has 0 atom stereocenters. The fraction of sp³-hybridized carbons (Fsp3) is 0.333. The van der Waals surface area contributed by atoms with Crippen LogP contribution in [0, 0.1) is 0 Å². The maximum Gasteiger partial charge on any atom is 0.422 e. The molecule has 2 N–H and O–H groups in total. The van der Waals surface area contributed by atoms with Gasteiger partial charge in [-0.3, -0.25) is 4.79 Å². The highest BCUT2D eigenvalue weighted by atomic mass is 19.4. The highest BCUT2D eigenvalue weighted by Gasteiger charge is 2.28. The molecule has 2 aromatic rings. The SMILES string of the molecule is O=C(NCC(=O)N1CCc2ccccc2C1)NCc1ccc(OCC(F)(F)F)cc1. The molecule has 3 amide bonds. The van der Waals surface area contributed by atoms with E-state index in [1.165, 1.54) is 17.7 Å². The number of halogens is 3. The Morgan fingerprint density at radius 3 is 2.40 bits per heavy atom. The molecule has 1 aliphatic heterocycles. The quantitative estimate of drug-likeness (QED) is 0.754. The molecule has 0 spiro atoms. The Morgan fingerprint density at radius 1 is 1.00 bits per heavy atom. The fourth-order valence-electron chi connectivity index (χ4n) is 3.09. The minimum Gasteiger partial charge on any atom is -0.484 e. The molecule has 1 heterocycles. The number of fused-ring (bicyclic) bond motifs is 1. The number of alkyl halides is 3. The zero-order valence-electron chi connectivity index (χ0n) is 16.2. The summed E-state index contributed by atoms with van der Waals surface area (Å²) in [5.74, 6) is -0.0694. The number of amides is 3. The monoisotopic (exact) mass is 421 g/mol. The van der Waals surface area contributed by atoms with E-state index in [4.69, 9.17) is 0 Å². The molecule has 0 unspecified atom stereocenters. The van der Waals surface area contributed by atoms with Gasteiger partial charge in [-0.15, -0.1) is 0 Å². The lowest BCUT2D eigenvalue weighted by Gasteiger charge is -2.29. The number of rotatable bonds is 6. The average Bonchev–Trinajstić information content (AvgIpc) is 2.74. The van der Waals surface area contributed by atoms with Crippen molar-refractivity contribution in [3.63, 3.8) is 0 Å². The maximum absolute atomic E-state index is 12.3. The van der Waals surface area contributed by atoms with Gasteiger partial charge in [0.2, 0.25) is 5.91 Å². The maximum atomic E-state index is 12.3. The van der Waals surface area contributed by atoms with Crippen molar-refractivity contribution in [2.75, 3.05) is 19.7 Å². The highest BCUT2D eigenvalue weighted by molar-refractivity contribution is 5.84. The van der Waals surface area contributed by atoms with Gasteiger partial charge in [0.1, 0.15) is 5.75 Å². The number of carbonyl (C=O) groups excluding carboxylic acids is 2. The van der Waals surface area contributed by atoms with Gasteiger partial charge in [0.05, 0.1) is 6.54 Å². The molecule has 0 aliphatic carbocycles. The Balaban J connectivity index is 1.38. The summed E-state index contributed by atoms with van der Waals surface area (Å²) in [5.41, 5.74) is 3.04. The minimum atomic E-state index is -4.40.